The molecule has 0 saturated carbocycles. The normalized spacial score (nSPS) is 9.69. The Morgan fingerprint density at radius 1 is 1.15 bits per heavy atom. The molecule has 2 N–H and O–H groups in total. The van der Waals surface area contributed by atoms with E-state index in [2.05, 4.69) is 37.1 Å². The van der Waals surface area contributed by atoms with Gasteiger partial charge in [-0.1, -0.05) is 17.7 Å². The van der Waals surface area contributed by atoms with Crippen LogP contribution in [0.4, 0.5) is 0 Å². The second kappa shape index (κ2) is 9.49. The average Bonchev–Trinajstić information content (AvgIpc) is 2.09. The summed E-state index contributed by atoms with van der Waals surface area (Å²) in [5.74, 6) is 0. The molecule has 0 aliphatic carbocycles. The van der Waals surface area contributed by atoms with E-state index in [1.165, 1.54) is 12.0 Å². The molecule has 0 fully saturated rings. The van der Waals surface area contributed by atoms with Gasteiger partial charge in [0, 0.05) is 13.1 Å². The summed E-state index contributed by atoms with van der Waals surface area (Å²) in [4.78, 5) is 0. The van der Waals surface area contributed by atoms with E-state index >= 15 is 0 Å². The maximum Gasteiger partial charge on any atom is 0.0137 e. The molecule has 0 aliphatic heterocycles. The average molecular weight is 182 g/mol. The van der Waals surface area contributed by atoms with Crippen molar-refractivity contribution in [3.63, 3.8) is 0 Å². The minimum atomic E-state index is 0.911. The van der Waals surface area contributed by atoms with Crippen molar-refractivity contribution in [2.24, 2.45) is 0 Å². The van der Waals surface area contributed by atoms with Crippen LogP contribution < -0.4 is 10.6 Å². The van der Waals surface area contributed by atoms with Gasteiger partial charge in [-0.2, -0.15) is 0 Å². The van der Waals surface area contributed by atoms with E-state index in [-0.39, 0.29) is 0 Å². The standard InChI is InChI=1S/C11H22N2/c1-4-7-12-8-5-9-13-10-6-11(2)3/h4,6,12-13H,1,5,7-10H2,2-3H3. The molecule has 76 valence electrons. The highest BCUT2D eigenvalue weighted by molar-refractivity contribution is 4.94. The first-order chi connectivity index (χ1) is 6.27. The molecular formula is C11H22N2. The molecule has 0 radical (unpaired) electrons. The van der Waals surface area contributed by atoms with Crippen molar-refractivity contribution in [1.29, 1.82) is 0 Å². The summed E-state index contributed by atoms with van der Waals surface area (Å²) < 4.78 is 0. The second-order valence-electron chi connectivity index (χ2n) is 3.33. The van der Waals surface area contributed by atoms with Crippen molar-refractivity contribution in [1.82, 2.24) is 10.6 Å². The van der Waals surface area contributed by atoms with Crippen LogP contribution in [0.2, 0.25) is 0 Å². The predicted octanol–water partition coefficient (Wildman–Crippen LogP) is 1.71. The number of hydrogen-bond donors (Lipinski definition) is 2. The molecule has 0 amide bonds. The van der Waals surface area contributed by atoms with Crippen LogP contribution in [0.3, 0.4) is 0 Å². The summed E-state index contributed by atoms with van der Waals surface area (Å²) in [6.45, 7) is 11.9. The lowest BCUT2D eigenvalue weighted by molar-refractivity contribution is 0.639. The lowest BCUT2D eigenvalue weighted by Crippen LogP contribution is -2.22. The smallest absolute Gasteiger partial charge is 0.0137 e. The molecule has 0 saturated heterocycles. The lowest BCUT2D eigenvalue weighted by Gasteiger charge is -2.02. The molecule has 0 heterocycles. The van der Waals surface area contributed by atoms with Gasteiger partial charge < -0.3 is 10.6 Å². The number of hydrogen-bond acceptors (Lipinski definition) is 2. The Bertz CT molecular complexity index is 146. The van der Waals surface area contributed by atoms with Gasteiger partial charge in [-0.15, -0.1) is 6.58 Å². The van der Waals surface area contributed by atoms with Crippen molar-refractivity contribution in [3.8, 4) is 0 Å². The molecule has 0 aliphatic rings. The van der Waals surface area contributed by atoms with E-state index < -0.39 is 0 Å². The summed E-state index contributed by atoms with van der Waals surface area (Å²) in [5, 5.41) is 6.61. The van der Waals surface area contributed by atoms with Gasteiger partial charge >= 0.3 is 0 Å². The fraction of sp³-hybridized carbons (Fsp3) is 0.636. The molecule has 13 heavy (non-hydrogen) atoms. The topological polar surface area (TPSA) is 24.1 Å². The summed E-state index contributed by atoms with van der Waals surface area (Å²) in [5.41, 5.74) is 1.37. The summed E-state index contributed by atoms with van der Waals surface area (Å²) in [6, 6.07) is 0. The highest BCUT2D eigenvalue weighted by Gasteiger charge is 1.85. The fourth-order valence-corrected chi connectivity index (χ4v) is 0.921. The van der Waals surface area contributed by atoms with Gasteiger partial charge in [0.2, 0.25) is 0 Å². The van der Waals surface area contributed by atoms with Gasteiger partial charge in [0.25, 0.3) is 0 Å². The molecule has 0 unspecified atom stereocenters. The molecule has 0 atom stereocenters. The first-order valence-corrected chi connectivity index (χ1v) is 4.93. The van der Waals surface area contributed by atoms with E-state index in [0.717, 1.165) is 26.2 Å². The van der Waals surface area contributed by atoms with E-state index in [1.54, 1.807) is 0 Å². The molecule has 0 aromatic rings. The quantitative estimate of drug-likeness (QED) is 0.441. The summed E-state index contributed by atoms with van der Waals surface area (Å²) in [7, 11) is 0. The van der Waals surface area contributed by atoms with Gasteiger partial charge in [0.05, 0.1) is 0 Å². The van der Waals surface area contributed by atoms with Crippen LogP contribution in [0.15, 0.2) is 24.3 Å². The summed E-state index contributed by atoms with van der Waals surface area (Å²) >= 11 is 0. The largest absolute Gasteiger partial charge is 0.313 e. The monoisotopic (exact) mass is 182 g/mol. The van der Waals surface area contributed by atoms with Crippen molar-refractivity contribution in [2.45, 2.75) is 20.3 Å². The van der Waals surface area contributed by atoms with Crippen molar-refractivity contribution < 1.29 is 0 Å². The summed E-state index contributed by atoms with van der Waals surface area (Å²) in [6.07, 6.45) is 5.26. The van der Waals surface area contributed by atoms with E-state index in [0.29, 0.717) is 0 Å². The van der Waals surface area contributed by atoms with Crippen LogP contribution in [-0.2, 0) is 0 Å². The van der Waals surface area contributed by atoms with Crippen LogP contribution in [0, 0.1) is 0 Å². The Morgan fingerprint density at radius 3 is 2.31 bits per heavy atom. The Hall–Kier alpha value is -0.600. The van der Waals surface area contributed by atoms with Crippen molar-refractivity contribution >= 4 is 0 Å². The molecule has 2 heteroatoms. The van der Waals surface area contributed by atoms with Gasteiger partial charge in [-0.05, 0) is 33.4 Å². The van der Waals surface area contributed by atoms with Crippen LogP contribution in [-0.4, -0.2) is 26.2 Å². The van der Waals surface area contributed by atoms with Crippen LogP contribution >= 0.6 is 0 Å². The number of nitrogens with one attached hydrogen (secondary N) is 2. The van der Waals surface area contributed by atoms with Crippen LogP contribution in [0.5, 0.6) is 0 Å². The SMILES string of the molecule is C=CCNCCCNCC=C(C)C. The Labute approximate surface area is 82.1 Å². The van der Waals surface area contributed by atoms with Crippen LogP contribution in [0.1, 0.15) is 20.3 Å². The maximum atomic E-state index is 3.64. The molecule has 0 spiro atoms. The zero-order valence-corrected chi connectivity index (χ0v) is 8.90. The van der Waals surface area contributed by atoms with Gasteiger partial charge in [0.15, 0.2) is 0 Å². The minimum absolute atomic E-state index is 0.911. The minimum Gasteiger partial charge on any atom is -0.313 e. The molecule has 0 aromatic heterocycles. The van der Waals surface area contributed by atoms with Gasteiger partial charge in [0.1, 0.15) is 0 Å². The van der Waals surface area contributed by atoms with Crippen molar-refractivity contribution in [2.75, 3.05) is 26.2 Å². The Balaban J connectivity index is 2.99. The maximum absolute atomic E-state index is 3.64. The highest BCUT2D eigenvalue weighted by atomic mass is 14.9. The Morgan fingerprint density at radius 2 is 1.77 bits per heavy atom. The molecule has 0 bridgehead atoms. The van der Waals surface area contributed by atoms with Gasteiger partial charge in [-0.3, -0.25) is 0 Å². The third kappa shape index (κ3) is 11.4. The second-order valence-corrected chi connectivity index (χ2v) is 3.33. The number of allylic oxidation sites excluding steroid dienone is 1. The molecule has 0 aromatic carbocycles. The zero-order valence-electron chi connectivity index (χ0n) is 8.90. The first-order valence-electron chi connectivity index (χ1n) is 4.93. The van der Waals surface area contributed by atoms with Gasteiger partial charge in [-0.25, -0.2) is 0 Å². The fourth-order valence-electron chi connectivity index (χ4n) is 0.921. The lowest BCUT2D eigenvalue weighted by atomic mass is 10.3. The molecule has 0 rings (SSSR count). The van der Waals surface area contributed by atoms with E-state index in [1.807, 2.05) is 6.08 Å². The third-order valence-electron chi connectivity index (χ3n) is 1.65. The number of rotatable bonds is 8. The van der Waals surface area contributed by atoms with Crippen molar-refractivity contribution in [3.05, 3.63) is 24.3 Å². The highest BCUT2D eigenvalue weighted by Crippen LogP contribution is 1.85. The predicted molar refractivity (Wildman–Crippen MR) is 60.0 cm³/mol. The third-order valence-corrected chi connectivity index (χ3v) is 1.65. The molecular weight excluding hydrogens is 160 g/mol. The molecule has 2 nitrogen and oxygen atoms in total. The zero-order chi connectivity index (χ0) is 9.94. The van der Waals surface area contributed by atoms with Crippen LogP contribution in [0.25, 0.3) is 0 Å². The Kier molecular flexibility index (Phi) is 9.05. The van der Waals surface area contributed by atoms with E-state index in [9.17, 15) is 0 Å². The first kappa shape index (κ1) is 12.4. The van der Waals surface area contributed by atoms with E-state index in [4.69, 9.17) is 0 Å².